The molecule has 0 heterocycles. The Balaban J connectivity index is 3.26. The van der Waals surface area contributed by atoms with Gasteiger partial charge in [-0.3, -0.25) is 0 Å². The highest BCUT2D eigenvalue weighted by molar-refractivity contribution is 14.1. The molecule has 1 rings (SSSR count). The van der Waals surface area contributed by atoms with E-state index in [4.69, 9.17) is 4.43 Å². The largest absolute Gasteiger partial charge is 0.543 e. The summed E-state index contributed by atoms with van der Waals surface area (Å²) in [4.78, 5) is 4.43. The summed E-state index contributed by atoms with van der Waals surface area (Å²) in [5, 5.41) is 0.208. The smallest absolute Gasteiger partial charge is 0.250 e. The van der Waals surface area contributed by atoms with E-state index >= 15 is 0 Å². The van der Waals surface area contributed by atoms with Crippen LogP contribution in [0.25, 0.3) is 0 Å². The van der Waals surface area contributed by atoms with Gasteiger partial charge in [-0.15, -0.1) is 0 Å². The van der Waals surface area contributed by atoms with Crippen LogP contribution in [0.3, 0.4) is 0 Å². The molecule has 3 nitrogen and oxygen atoms in total. The molecule has 1 aromatic carbocycles. The van der Waals surface area contributed by atoms with E-state index in [1.807, 2.05) is 0 Å². The summed E-state index contributed by atoms with van der Waals surface area (Å²) in [5.41, 5.74) is 2.70. The molecule has 1 aromatic rings. The van der Waals surface area contributed by atoms with Crippen LogP contribution in [0.15, 0.2) is 12.1 Å². The highest BCUT2D eigenvalue weighted by atomic mass is 127. The molecule has 132 valence electrons. The zero-order valence-corrected chi connectivity index (χ0v) is 19.4. The molecule has 0 fully saturated rings. The predicted octanol–water partition coefficient (Wildman–Crippen LogP) is 4.80. The Morgan fingerprint density at radius 2 is 1.35 bits per heavy atom. The van der Waals surface area contributed by atoms with Crippen molar-refractivity contribution in [2.75, 3.05) is 28.2 Å². The van der Waals surface area contributed by atoms with Gasteiger partial charge < -0.3 is 14.2 Å². The van der Waals surface area contributed by atoms with Crippen molar-refractivity contribution in [1.29, 1.82) is 0 Å². The fourth-order valence-electron chi connectivity index (χ4n) is 2.14. The molecule has 0 aromatic heterocycles. The van der Waals surface area contributed by atoms with Crippen LogP contribution in [-0.4, -0.2) is 46.3 Å². The van der Waals surface area contributed by atoms with Crippen LogP contribution in [0.4, 0.5) is 0 Å². The predicted molar refractivity (Wildman–Crippen MR) is 112 cm³/mol. The molecular formula is C18H33IN2OSi. The number of nitrogens with zero attached hydrogens (tertiary/aromatic N) is 2. The van der Waals surface area contributed by atoms with Crippen molar-refractivity contribution >= 4 is 30.9 Å². The van der Waals surface area contributed by atoms with E-state index < -0.39 is 8.32 Å². The van der Waals surface area contributed by atoms with Gasteiger partial charge in [0.25, 0.3) is 0 Å². The Labute approximate surface area is 157 Å². The van der Waals surface area contributed by atoms with E-state index in [0.717, 1.165) is 18.8 Å². The summed E-state index contributed by atoms with van der Waals surface area (Å²) in [6, 6.07) is 4.48. The van der Waals surface area contributed by atoms with Gasteiger partial charge in [0.2, 0.25) is 8.32 Å². The first-order chi connectivity index (χ1) is 10.3. The van der Waals surface area contributed by atoms with Crippen LogP contribution in [0.2, 0.25) is 18.1 Å². The van der Waals surface area contributed by atoms with Crippen molar-refractivity contribution in [3.8, 4) is 5.75 Å². The van der Waals surface area contributed by atoms with Gasteiger partial charge in [-0.2, -0.15) is 0 Å². The molecule has 0 aliphatic heterocycles. The lowest BCUT2D eigenvalue weighted by molar-refractivity contribution is 0.391. The highest BCUT2D eigenvalue weighted by Gasteiger charge is 2.39. The molecular weight excluding hydrogens is 415 g/mol. The lowest BCUT2D eigenvalue weighted by atomic mass is 10.1. The van der Waals surface area contributed by atoms with Gasteiger partial charge in [-0.1, -0.05) is 20.8 Å². The van der Waals surface area contributed by atoms with Crippen LogP contribution in [-0.2, 0) is 13.1 Å². The molecule has 23 heavy (non-hydrogen) atoms. The number of hydrogen-bond donors (Lipinski definition) is 0. The summed E-state index contributed by atoms with van der Waals surface area (Å²) in [6.07, 6.45) is 0. The lowest BCUT2D eigenvalue weighted by Gasteiger charge is -2.37. The maximum Gasteiger partial charge on any atom is 0.250 e. The van der Waals surface area contributed by atoms with E-state index in [2.05, 4.69) is 107 Å². The zero-order chi connectivity index (χ0) is 18.0. The molecule has 0 unspecified atom stereocenters. The van der Waals surface area contributed by atoms with Gasteiger partial charge in [-0.25, -0.2) is 0 Å². The van der Waals surface area contributed by atoms with Crippen molar-refractivity contribution in [2.45, 2.75) is 52.0 Å². The molecule has 0 amide bonds. The van der Waals surface area contributed by atoms with Crippen LogP contribution < -0.4 is 4.43 Å². The Kier molecular flexibility index (Phi) is 7.14. The van der Waals surface area contributed by atoms with E-state index in [1.165, 1.54) is 14.7 Å². The third kappa shape index (κ3) is 6.03. The first kappa shape index (κ1) is 20.9. The summed E-state index contributed by atoms with van der Waals surface area (Å²) in [6.45, 7) is 13.3. The minimum atomic E-state index is -1.82. The molecule has 0 atom stereocenters. The molecule has 0 aliphatic rings. The van der Waals surface area contributed by atoms with Crippen LogP contribution in [0, 0.1) is 3.57 Å². The molecule has 0 saturated carbocycles. The summed E-state index contributed by atoms with van der Waals surface area (Å²) >= 11 is 2.48. The molecule has 0 bridgehead atoms. The van der Waals surface area contributed by atoms with Gasteiger partial charge in [0.15, 0.2) is 0 Å². The highest BCUT2D eigenvalue weighted by Crippen LogP contribution is 2.38. The van der Waals surface area contributed by atoms with Crippen molar-refractivity contribution in [3.63, 3.8) is 0 Å². The molecule has 0 N–H and O–H groups in total. The zero-order valence-electron chi connectivity index (χ0n) is 16.2. The Bertz CT molecular complexity index is 505. The quantitative estimate of drug-likeness (QED) is 0.460. The van der Waals surface area contributed by atoms with Crippen LogP contribution >= 0.6 is 22.6 Å². The molecule has 0 spiro atoms. The number of rotatable bonds is 6. The first-order valence-electron chi connectivity index (χ1n) is 8.13. The summed E-state index contributed by atoms with van der Waals surface area (Å²) in [7, 11) is 6.64. The SMILES string of the molecule is CN(C)Cc1cc(O[Si](C)(C)C(C)(C)C)cc(CN(C)C)c1I. The maximum atomic E-state index is 6.56. The number of halogens is 1. The van der Waals surface area contributed by atoms with E-state index in [1.54, 1.807) is 0 Å². The van der Waals surface area contributed by atoms with Crippen LogP contribution in [0.5, 0.6) is 5.75 Å². The second kappa shape index (κ2) is 7.85. The monoisotopic (exact) mass is 448 g/mol. The van der Waals surface area contributed by atoms with Gasteiger partial charge in [0, 0.05) is 16.7 Å². The summed E-state index contributed by atoms with van der Waals surface area (Å²) in [5.74, 6) is 1.03. The molecule has 0 saturated heterocycles. The van der Waals surface area contributed by atoms with E-state index in [-0.39, 0.29) is 5.04 Å². The number of benzene rings is 1. The van der Waals surface area contributed by atoms with Gasteiger partial charge in [-0.05, 0) is 92.2 Å². The van der Waals surface area contributed by atoms with E-state index in [9.17, 15) is 0 Å². The Hall–Kier alpha value is -0.113. The average Bonchev–Trinajstić information content (AvgIpc) is 2.31. The van der Waals surface area contributed by atoms with Gasteiger partial charge >= 0.3 is 0 Å². The van der Waals surface area contributed by atoms with Gasteiger partial charge in [0.1, 0.15) is 5.75 Å². The second-order valence-corrected chi connectivity index (χ2v) is 14.2. The topological polar surface area (TPSA) is 15.7 Å². The van der Waals surface area contributed by atoms with Crippen molar-refractivity contribution < 1.29 is 4.43 Å². The lowest BCUT2D eigenvalue weighted by Crippen LogP contribution is -2.43. The van der Waals surface area contributed by atoms with Crippen molar-refractivity contribution in [3.05, 3.63) is 26.8 Å². The fraction of sp³-hybridized carbons (Fsp3) is 0.667. The standard InChI is InChI=1S/C18H33IN2OSi/c1-18(2,3)23(8,9)22-16-10-14(12-20(4)5)17(19)15(11-16)13-21(6)7/h10-11H,12-13H2,1-9H3. The third-order valence-corrected chi connectivity index (χ3v) is 10.1. The molecule has 0 aliphatic carbocycles. The Morgan fingerprint density at radius 1 is 0.957 bits per heavy atom. The average molecular weight is 448 g/mol. The van der Waals surface area contributed by atoms with Crippen molar-refractivity contribution in [2.24, 2.45) is 0 Å². The second-order valence-electron chi connectivity index (χ2n) is 8.39. The van der Waals surface area contributed by atoms with Crippen molar-refractivity contribution in [1.82, 2.24) is 9.80 Å². The first-order valence-corrected chi connectivity index (χ1v) is 12.1. The van der Waals surface area contributed by atoms with E-state index in [0.29, 0.717) is 0 Å². The van der Waals surface area contributed by atoms with Crippen LogP contribution in [0.1, 0.15) is 31.9 Å². The maximum absolute atomic E-state index is 6.56. The molecule has 5 heteroatoms. The normalized spacial score (nSPS) is 13.0. The molecule has 0 radical (unpaired) electrons. The number of hydrogen-bond acceptors (Lipinski definition) is 3. The van der Waals surface area contributed by atoms with Gasteiger partial charge in [0.05, 0.1) is 0 Å². The third-order valence-electron chi connectivity index (χ3n) is 4.35. The minimum Gasteiger partial charge on any atom is -0.543 e. The minimum absolute atomic E-state index is 0.208. The summed E-state index contributed by atoms with van der Waals surface area (Å²) < 4.78 is 7.92. The Morgan fingerprint density at radius 3 is 1.65 bits per heavy atom. The fourth-order valence-corrected chi connectivity index (χ4v) is 3.80.